The number of alkyl carbamates (subject to hydrolysis) is 1. The summed E-state index contributed by atoms with van der Waals surface area (Å²) >= 11 is 0. The molecular weight excluding hydrogens is 432 g/mol. The number of carbonyl (C=O) groups is 3. The van der Waals surface area contributed by atoms with Crippen LogP contribution in [0.25, 0.3) is 11.1 Å². The Morgan fingerprint density at radius 3 is 2.15 bits per heavy atom. The summed E-state index contributed by atoms with van der Waals surface area (Å²) in [7, 11) is 0. The highest BCUT2D eigenvalue weighted by Crippen LogP contribution is 2.44. The molecule has 4 rings (SSSR count). The van der Waals surface area contributed by atoms with E-state index in [1.807, 2.05) is 36.4 Å². The molecule has 0 aliphatic heterocycles. The van der Waals surface area contributed by atoms with Crippen molar-refractivity contribution in [2.24, 2.45) is 0 Å². The first-order valence-corrected chi connectivity index (χ1v) is 11.1. The van der Waals surface area contributed by atoms with Gasteiger partial charge in [-0.2, -0.15) is 0 Å². The van der Waals surface area contributed by atoms with Crippen LogP contribution in [0.1, 0.15) is 46.3 Å². The first-order chi connectivity index (χ1) is 16.4. The van der Waals surface area contributed by atoms with Crippen LogP contribution in [0.2, 0.25) is 0 Å². The molecule has 0 fully saturated rings. The third-order valence-electron chi connectivity index (χ3n) is 6.09. The molecule has 0 saturated carbocycles. The Bertz CT molecular complexity index is 1210. The smallest absolute Gasteiger partial charge is 0.407 e. The van der Waals surface area contributed by atoms with Crippen LogP contribution in [0.3, 0.4) is 0 Å². The van der Waals surface area contributed by atoms with Crippen LogP contribution in [0, 0.1) is 6.92 Å². The van der Waals surface area contributed by atoms with Gasteiger partial charge in [0.05, 0.1) is 5.56 Å². The van der Waals surface area contributed by atoms with Crippen molar-refractivity contribution in [1.82, 2.24) is 5.32 Å². The molecular formula is C27H26N2O5. The zero-order valence-electron chi connectivity index (χ0n) is 19.0. The Balaban J connectivity index is 1.39. The van der Waals surface area contributed by atoms with E-state index in [1.165, 1.54) is 18.2 Å². The molecule has 0 spiro atoms. The predicted molar refractivity (Wildman–Crippen MR) is 129 cm³/mol. The molecule has 174 valence electrons. The minimum Gasteiger partial charge on any atom is -0.478 e. The monoisotopic (exact) mass is 458 g/mol. The number of hydrogen-bond donors (Lipinski definition) is 3. The summed E-state index contributed by atoms with van der Waals surface area (Å²) in [6, 6.07) is 19.8. The second kappa shape index (κ2) is 9.79. The number of carboxylic acids is 1. The third-order valence-corrected chi connectivity index (χ3v) is 6.09. The molecule has 1 atom stereocenters. The summed E-state index contributed by atoms with van der Waals surface area (Å²) in [5, 5.41) is 14.5. The number of carbonyl (C=O) groups excluding carboxylic acids is 2. The number of nitrogens with one attached hydrogen (secondary N) is 2. The van der Waals surface area contributed by atoms with Crippen molar-refractivity contribution < 1.29 is 24.2 Å². The Hall–Kier alpha value is -4.13. The molecule has 0 heterocycles. The van der Waals surface area contributed by atoms with Crippen LogP contribution in [-0.2, 0) is 9.53 Å². The summed E-state index contributed by atoms with van der Waals surface area (Å²) in [6.45, 7) is 3.66. The number of fused-ring (bicyclic) bond motifs is 3. The van der Waals surface area contributed by atoms with E-state index in [0.29, 0.717) is 17.7 Å². The van der Waals surface area contributed by atoms with Gasteiger partial charge in [0.15, 0.2) is 0 Å². The second-order valence-corrected chi connectivity index (χ2v) is 8.25. The van der Waals surface area contributed by atoms with E-state index >= 15 is 0 Å². The van der Waals surface area contributed by atoms with Crippen LogP contribution >= 0.6 is 0 Å². The van der Waals surface area contributed by atoms with Gasteiger partial charge in [0.25, 0.3) is 0 Å². The highest BCUT2D eigenvalue weighted by molar-refractivity contribution is 5.98. The molecule has 0 aromatic heterocycles. The predicted octanol–water partition coefficient (Wildman–Crippen LogP) is 4.95. The summed E-state index contributed by atoms with van der Waals surface area (Å²) in [6.07, 6.45) is -0.302. The van der Waals surface area contributed by atoms with E-state index in [2.05, 4.69) is 22.8 Å². The maximum Gasteiger partial charge on any atom is 0.407 e. The van der Waals surface area contributed by atoms with Crippen molar-refractivity contribution in [3.8, 4) is 11.1 Å². The zero-order valence-corrected chi connectivity index (χ0v) is 19.0. The van der Waals surface area contributed by atoms with Gasteiger partial charge in [0.1, 0.15) is 12.6 Å². The standard InChI is InChI=1S/C27H26N2O5/c1-3-23(25(30)28-24-13-12-17(26(31)32)14-16(24)2)29-27(33)34-15-22-20-10-6-4-8-18(20)19-9-5-7-11-21(19)22/h4-14,22-23H,3,15H2,1-2H3,(H,28,30)(H,29,33)(H,31,32). The fourth-order valence-electron chi connectivity index (χ4n) is 4.29. The number of rotatable bonds is 7. The van der Waals surface area contributed by atoms with Crippen molar-refractivity contribution in [2.45, 2.75) is 32.2 Å². The van der Waals surface area contributed by atoms with Crippen LogP contribution in [0.5, 0.6) is 0 Å². The third kappa shape index (κ3) is 4.64. The molecule has 3 N–H and O–H groups in total. The lowest BCUT2D eigenvalue weighted by molar-refractivity contribution is -0.118. The topological polar surface area (TPSA) is 105 Å². The van der Waals surface area contributed by atoms with E-state index in [9.17, 15) is 14.4 Å². The fourth-order valence-corrected chi connectivity index (χ4v) is 4.29. The maximum atomic E-state index is 12.7. The van der Waals surface area contributed by atoms with Gasteiger partial charge in [0, 0.05) is 11.6 Å². The normalized spacial score (nSPS) is 12.9. The molecule has 3 aromatic rings. The highest BCUT2D eigenvalue weighted by atomic mass is 16.5. The van der Waals surface area contributed by atoms with E-state index in [-0.39, 0.29) is 18.1 Å². The molecule has 2 amide bonds. The highest BCUT2D eigenvalue weighted by Gasteiger charge is 2.29. The average Bonchev–Trinajstić information content (AvgIpc) is 3.16. The van der Waals surface area contributed by atoms with Gasteiger partial charge in [-0.15, -0.1) is 0 Å². The Morgan fingerprint density at radius 1 is 0.971 bits per heavy atom. The van der Waals surface area contributed by atoms with Gasteiger partial charge >= 0.3 is 12.1 Å². The molecule has 0 saturated heterocycles. The minimum absolute atomic E-state index is 0.0672. The lowest BCUT2D eigenvalue weighted by atomic mass is 9.98. The molecule has 7 heteroatoms. The molecule has 1 aliphatic rings. The zero-order chi connectivity index (χ0) is 24.2. The van der Waals surface area contributed by atoms with Crippen LogP contribution < -0.4 is 10.6 Å². The lowest BCUT2D eigenvalue weighted by Crippen LogP contribution is -2.44. The van der Waals surface area contributed by atoms with E-state index < -0.39 is 24.0 Å². The summed E-state index contributed by atoms with van der Waals surface area (Å²) < 4.78 is 5.54. The van der Waals surface area contributed by atoms with Crippen LogP contribution in [0.4, 0.5) is 10.5 Å². The summed E-state index contributed by atoms with van der Waals surface area (Å²) in [4.78, 5) is 36.4. The van der Waals surface area contributed by atoms with Crippen molar-refractivity contribution in [3.63, 3.8) is 0 Å². The van der Waals surface area contributed by atoms with Gasteiger partial charge in [-0.3, -0.25) is 4.79 Å². The molecule has 1 aliphatic carbocycles. The average molecular weight is 459 g/mol. The van der Waals surface area contributed by atoms with Gasteiger partial charge < -0.3 is 20.5 Å². The fraction of sp³-hybridized carbons (Fsp3) is 0.222. The molecule has 0 bridgehead atoms. The lowest BCUT2D eigenvalue weighted by Gasteiger charge is -2.19. The number of aromatic carboxylic acids is 1. The quantitative estimate of drug-likeness (QED) is 0.465. The Labute approximate surface area is 197 Å². The number of carboxylic acid groups (broad SMARTS) is 1. The van der Waals surface area contributed by atoms with Crippen molar-refractivity contribution in [2.75, 3.05) is 11.9 Å². The Morgan fingerprint density at radius 2 is 1.59 bits per heavy atom. The summed E-state index contributed by atoms with van der Waals surface area (Å²) in [5.41, 5.74) is 5.75. The number of ether oxygens (including phenoxy) is 1. The van der Waals surface area contributed by atoms with E-state index in [4.69, 9.17) is 9.84 Å². The maximum absolute atomic E-state index is 12.7. The van der Waals surface area contributed by atoms with Crippen molar-refractivity contribution >= 4 is 23.7 Å². The van der Waals surface area contributed by atoms with Crippen molar-refractivity contribution in [3.05, 3.63) is 89.0 Å². The number of benzene rings is 3. The van der Waals surface area contributed by atoms with Crippen LogP contribution in [-0.4, -0.2) is 35.7 Å². The number of aryl methyl sites for hydroxylation is 1. The largest absolute Gasteiger partial charge is 0.478 e. The van der Waals surface area contributed by atoms with E-state index in [0.717, 1.165) is 22.3 Å². The first-order valence-electron chi connectivity index (χ1n) is 11.1. The number of anilines is 1. The van der Waals surface area contributed by atoms with Gasteiger partial charge in [-0.25, -0.2) is 9.59 Å². The van der Waals surface area contributed by atoms with E-state index in [1.54, 1.807) is 13.8 Å². The molecule has 0 radical (unpaired) electrons. The second-order valence-electron chi connectivity index (χ2n) is 8.25. The van der Waals surface area contributed by atoms with Gasteiger partial charge in [-0.1, -0.05) is 55.5 Å². The molecule has 7 nitrogen and oxygen atoms in total. The molecule has 3 aromatic carbocycles. The molecule has 1 unspecified atom stereocenters. The minimum atomic E-state index is -1.04. The summed E-state index contributed by atoms with van der Waals surface area (Å²) in [5.74, 6) is -1.51. The first kappa shape index (κ1) is 23.0. The number of hydrogen-bond acceptors (Lipinski definition) is 4. The van der Waals surface area contributed by atoms with Crippen LogP contribution in [0.15, 0.2) is 66.7 Å². The number of amides is 2. The van der Waals surface area contributed by atoms with Gasteiger partial charge in [0.2, 0.25) is 5.91 Å². The molecule has 34 heavy (non-hydrogen) atoms. The van der Waals surface area contributed by atoms with Crippen molar-refractivity contribution in [1.29, 1.82) is 0 Å². The Kier molecular flexibility index (Phi) is 6.63. The van der Waals surface area contributed by atoms with Gasteiger partial charge in [-0.05, 0) is 59.4 Å². The SMILES string of the molecule is CCC(NC(=O)OCC1c2ccccc2-c2ccccc21)C(=O)Nc1ccc(C(=O)O)cc1C.